The zero-order valence-corrected chi connectivity index (χ0v) is 15.5. The van der Waals surface area contributed by atoms with Crippen LogP contribution < -0.4 is 5.32 Å². The summed E-state index contributed by atoms with van der Waals surface area (Å²) in [7, 11) is 3.38. The highest BCUT2D eigenvalue weighted by atomic mass is 16.3. The molecular weight excluding hydrogens is 346 g/mol. The van der Waals surface area contributed by atoms with Crippen LogP contribution in [0.5, 0.6) is 0 Å². The van der Waals surface area contributed by atoms with Gasteiger partial charge in [0.2, 0.25) is 5.91 Å². The molecule has 0 spiro atoms. The van der Waals surface area contributed by atoms with Crippen LogP contribution in [-0.2, 0) is 4.79 Å². The van der Waals surface area contributed by atoms with Crippen LogP contribution in [0.3, 0.4) is 0 Å². The molecule has 1 unspecified atom stereocenters. The Hall–Kier alpha value is -3.09. The quantitative estimate of drug-likeness (QED) is 0.897. The molecule has 7 nitrogen and oxygen atoms in total. The first-order chi connectivity index (χ1) is 13.0. The molecule has 1 aliphatic rings. The zero-order chi connectivity index (χ0) is 19.4. The number of carbonyl (C=O) groups is 3. The van der Waals surface area contributed by atoms with Gasteiger partial charge in [0.05, 0.1) is 12.2 Å². The number of anilines is 1. The Balaban J connectivity index is 1.60. The molecule has 0 saturated carbocycles. The first kappa shape index (κ1) is 18.7. The van der Waals surface area contributed by atoms with E-state index in [0.717, 1.165) is 12.8 Å². The summed E-state index contributed by atoms with van der Waals surface area (Å²) in [6.45, 7) is 0.979. The fourth-order valence-electron chi connectivity index (χ4n) is 3.13. The lowest BCUT2D eigenvalue weighted by atomic mass is 9.96. The number of hydrogen-bond donors (Lipinski definition) is 1. The summed E-state index contributed by atoms with van der Waals surface area (Å²) in [5.41, 5.74) is 1.19. The highest BCUT2D eigenvalue weighted by molar-refractivity contribution is 5.97. The fraction of sp³-hybridized carbons (Fsp3) is 0.350. The first-order valence-electron chi connectivity index (χ1n) is 8.91. The molecule has 1 aliphatic heterocycles. The summed E-state index contributed by atoms with van der Waals surface area (Å²) in [5.74, 6) is -0.395. The Morgan fingerprint density at radius 2 is 1.89 bits per heavy atom. The van der Waals surface area contributed by atoms with Crippen molar-refractivity contribution in [1.82, 2.24) is 9.80 Å². The van der Waals surface area contributed by atoms with Crippen LogP contribution in [0.1, 0.15) is 33.8 Å². The molecule has 2 aromatic rings. The van der Waals surface area contributed by atoms with Gasteiger partial charge in [-0.2, -0.15) is 0 Å². The third-order valence-electron chi connectivity index (χ3n) is 4.62. The number of piperidine rings is 1. The van der Waals surface area contributed by atoms with Gasteiger partial charge in [0, 0.05) is 38.4 Å². The molecule has 1 N–H and O–H groups in total. The van der Waals surface area contributed by atoms with Gasteiger partial charge in [-0.25, -0.2) is 0 Å². The van der Waals surface area contributed by atoms with E-state index in [0.29, 0.717) is 24.3 Å². The first-order valence-corrected chi connectivity index (χ1v) is 8.91. The summed E-state index contributed by atoms with van der Waals surface area (Å²) in [6.07, 6.45) is 2.96. The van der Waals surface area contributed by atoms with Gasteiger partial charge >= 0.3 is 0 Å². The number of benzene rings is 1. The summed E-state index contributed by atoms with van der Waals surface area (Å²) in [6, 6.07) is 10.1. The highest BCUT2D eigenvalue weighted by Crippen LogP contribution is 2.21. The lowest BCUT2D eigenvalue weighted by molar-refractivity contribution is -0.121. The molecule has 0 radical (unpaired) electrons. The molecule has 1 atom stereocenters. The summed E-state index contributed by atoms with van der Waals surface area (Å²) >= 11 is 0. The molecule has 1 saturated heterocycles. The number of carbonyl (C=O) groups excluding carboxylic acids is 3. The molecule has 7 heteroatoms. The van der Waals surface area contributed by atoms with Gasteiger partial charge in [0.1, 0.15) is 0 Å². The van der Waals surface area contributed by atoms with Crippen molar-refractivity contribution < 1.29 is 18.8 Å². The van der Waals surface area contributed by atoms with E-state index < -0.39 is 0 Å². The summed E-state index contributed by atoms with van der Waals surface area (Å²) < 4.78 is 5.16. The van der Waals surface area contributed by atoms with E-state index >= 15 is 0 Å². The molecule has 2 heterocycles. The second kappa shape index (κ2) is 8.07. The van der Waals surface area contributed by atoms with E-state index in [2.05, 4.69) is 5.32 Å². The molecule has 1 aromatic heterocycles. The smallest absolute Gasteiger partial charge is 0.289 e. The average molecular weight is 369 g/mol. The van der Waals surface area contributed by atoms with E-state index in [1.807, 2.05) is 0 Å². The molecule has 3 amide bonds. The molecule has 142 valence electrons. The Bertz CT molecular complexity index is 812. The predicted molar refractivity (Wildman–Crippen MR) is 100 cm³/mol. The van der Waals surface area contributed by atoms with Gasteiger partial charge in [0.25, 0.3) is 11.8 Å². The topological polar surface area (TPSA) is 82.9 Å². The summed E-state index contributed by atoms with van der Waals surface area (Å²) in [5, 5.41) is 2.88. The lowest BCUT2D eigenvalue weighted by Crippen LogP contribution is -2.43. The van der Waals surface area contributed by atoms with Crippen molar-refractivity contribution in [2.75, 3.05) is 32.5 Å². The number of hydrogen-bond acceptors (Lipinski definition) is 4. The van der Waals surface area contributed by atoms with E-state index in [-0.39, 0.29) is 29.4 Å². The van der Waals surface area contributed by atoms with Crippen LogP contribution in [-0.4, -0.2) is 54.7 Å². The van der Waals surface area contributed by atoms with Crippen LogP contribution in [0, 0.1) is 5.92 Å². The third-order valence-corrected chi connectivity index (χ3v) is 4.62. The van der Waals surface area contributed by atoms with Crippen molar-refractivity contribution >= 4 is 23.4 Å². The average Bonchev–Trinajstić information content (AvgIpc) is 3.22. The maximum Gasteiger partial charge on any atom is 0.289 e. The van der Waals surface area contributed by atoms with Crippen molar-refractivity contribution in [3.05, 3.63) is 54.0 Å². The molecule has 1 fully saturated rings. The predicted octanol–water partition coefficient (Wildman–Crippen LogP) is 2.47. The van der Waals surface area contributed by atoms with Crippen LogP contribution in [0.15, 0.2) is 47.1 Å². The normalized spacial score (nSPS) is 16.7. The van der Waals surface area contributed by atoms with Gasteiger partial charge in [-0.15, -0.1) is 0 Å². The standard InChI is InChI=1S/C20H23N3O4/c1-22(2)19(25)14-7-9-16(10-8-14)21-18(24)15-5-3-11-23(13-15)20(26)17-6-4-12-27-17/h4,6-10,12,15H,3,5,11,13H2,1-2H3,(H,21,24). The number of nitrogens with zero attached hydrogens (tertiary/aromatic N) is 2. The molecular formula is C20H23N3O4. The SMILES string of the molecule is CN(C)C(=O)c1ccc(NC(=O)C2CCCN(C(=O)c3ccco3)C2)cc1. The minimum absolute atomic E-state index is 0.0905. The highest BCUT2D eigenvalue weighted by Gasteiger charge is 2.29. The van der Waals surface area contributed by atoms with Crippen molar-refractivity contribution in [2.24, 2.45) is 5.92 Å². The molecule has 0 aliphatic carbocycles. The number of likely N-dealkylation sites (tertiary alicyclic amines) is 1. The molecule has 3 rings (SSSR count). The fourth-order valence-corrected chi connectivity index (χ4v) is 3.13. The largest absolute Gasteiger partial charge is 0.459 e. The minimum atomic E-state index is -0.277. The van der Waals surface area contributed by atoms with Crippen molar-refractivity contribution in [3.8, 4) is 0 Å². The summed E-state index contributed by atoms with van der Waals surface area (Å²) in [4.78, 5) is 40.1. The van der Waals surface area contributed by atoms with Gasteiger partial charge in [-0.1, -0.05) is 0 Å². The van der Waals surface area contributed by atoms with Crippen molar-refractivity contribution in [3.63, 3.8) is 0 Å². The van der Waals surface area contributed by atoms with E-state index in [1.165, 1.54) is 11.2 Å². The Labute approximate surface area is 157 Å². The van der Waals surface area contributed by atoms with Crippen LogP contribution >= 0.6 is 0 Å². The lowest BCUT2D eigenvalue weighted by Gasteiger charge is -2.31. The number of furan rings is 1. The number of rotatable bonds is 4. The minimum Gasteiger partial charge on any atom is -0.459 e. The van der Waals surface area contributed by atoms with Gasteiger partial charge in [-0.3, -0.25) is 14.4 Å². The van der Waals surface area contributed by atoms with Crippen LogP contribution in [0.2, 0.25) is 0 Å². The number of nitrogens with one attached hydrogen (secondary N) is 1. The second-order valence-electron chi connectivity index (χ2n) is 6.83. The third kappa shape index (κ3) is 4.36. The monoisotopic (exact) mass is 369 g/mol. The van der Waals surface area contributed by atoms with Gasteiger partial charge < -0.3 is 19.5 Å². The van der Waals surface area contributed by atoms with Gasteiger partial charge in [0.15, 0.2) is 5.76 Å². The maximum absolute atomic E-state index is 12.6. The molecule has 1 aromatic carbocycles. The number of amides is 3. The molecule has 27 heavy (non-hydrogen) atoms. The van der Waals surface area contributed by atoms with Crippen molar-refractivity contribution in [1.29, 1.82) is 0 Å². The Morgan fingerprint density at radius 1 is 1.15 bits per heavy atom. The Kier molecular flexibility index (Phi) is 5.59. The Morgan fingerprint density at radius 3 is 2.52 bits per heavy atom. The zero-order valence-electron chi connectivity index (χ0n) is 15.5. The van der Waals surface area contributed by atoms with Crippen molar-refractivity contribution in [2.45, 2.75) is 12.8 Å². The van der Waals surface area contributed by atoms with Crippen LogP contribution in [0.4, 0.5) is 5.69 Å². The molecule has 0 bridgehead atoms. The maximum atomic E-state index is 12.6. The van der Waals surface area contributed by atoms with Gasteiger partial charge in [-0.05, 0) is 49.2 Å². The van der Waals surface area contributed by atoms with E-state index in [9.17, 15) is 14.4 Å². The van der Waals surface area contributed by atoms with E-state index in [4.69, 9.17) is 4.42 Å². The second-order valence-corrected chi connectivity index (χ2v) is 6.83. The van der Waals surface area contributed by atoms with Crippen LogP contribution in [0.25, 0.3) is 0 Å². The van der Waals surface area contributed by atoms with E-state index in [1.54, 1.807) is 55.4 Å².